The monoisotopic (exact) mass is 438 g/mol. The van der Waals surface area contributed by atoms with Gasteiger partial charge in [-0.05, 0) is 28.0 Å². The molecule has 5 nitrogen and oxygen atoms in total. The van der Waals surface area contributed by atoms with Gasteiger partial charge in [0.05, 0.1) is 12.5 Å². The first-order valence-corrected chi connectivity index (χ1v) is 11.0. The number of hydrogen-bond donors (Lipinski definition) is 3. The summed E-state index contributed by atoms with van der Waals surface area (Å²) in [5, 5.41) is 18.5. The van der Waals surface area contributed by atoms with Gasteiger partial charge in [0, 0.05) is 18.5 Å². The summed E-state index contributed by atoms with van der Waals surface area (Å²) in [6, 6.07) is 29.8. The van der Waals surface area contributed by atoms with E-state index in [2.05, 4.69) is 10.6 Å². The molecule has 0 bridgehead atoms. The molecule has 0 aromatic heterocycles. The highest BCUT2D eigenvalue weighted by Crippen LogP contribution is 2.35. The van der Waals surface area contributed by atoms with E-state index in [1.54, 1.807) is 6.07 Å². The summed E-state index contributed by atoms with van der Waals surface area (Å²) >= 11 is 0. The molecule has 0 saturated heterocycles. The van der Waals surface area contributed by atoms with Crippen LogP contribution in [0.1, 0.15) is 29.2 Å². The fourth-order valence-electron chi connectivity index (χ4n) is 3.95. The van der Waals surface area contributed by atoms with Crippen LogP contribution in [0.2, 0.25) is 0 Å². The Balaban J connectivity index is 1.48. The van der Waals surface area contributed by atoms with E-state index in [1.807, 2.05) is 91.0 Å². The van der Waals surface area contributed by atoms with Crippen LogP contribution in [0, 0.1) is 0 Å². The van der Waals surface area contributed by atoms with Gasteiger partial charge >= 0.3 is 0 Å². The van der Waals surface area contributed by atoms with Gasteiger partial charge in [-0.3, -0.25) is 9.59 Å². The number of carbonyl (C=O) groups is 2. The van der Waals surface area contributed by atoms with Crippen molar-refractivity contribution in [2.75, 3.05) is 6.54 Å². The average molecular weight is 439 g/mol. The van der Waals surface area contributed by atoms with E-state index in [9.17, 15) is 14.7 Å². The first-order chi connectivity index (χ1) is 16.1. The van der Waals surface area contributed by atoms with E-state index in [0.717, 1.165) is 21.9 Å². The minimum Gasteiger partial charge on any atom is -0.508 e. The van der Waals surface area contributed by atoms with Crippen molar-refractivity contribution >= 4 is 22.6 Å². The third kappa shape index (κ3) is 5.57. The molecule has 4 aromatic carbocycles. The molecule has 1 atom stereocenters. The zero-order valence-corrected chi connectivity index (χ0v) is 18.2. The van der Waals surface area contributed by atoms with Crippen molar-refractivity contribution in [3.8, 4) is 5.75 Å². The molecular weight excluding hydrogens is 412 g/mol. The van der Waals surface area contributed by atoms with E-state index in [4.69, 9.17) is 0 Å². The van der Waals surface area contributed by atoms with Crippen LogP contribution in [-0.2, 0) is 16.0 Å². The molecule has 4 rings (SSSR count). The van der Waals surface area contributed by atoms with Crippen LogP contribution in [0.4, 0.5) is 0 Å². The number of amides is 2. The van der Waals surface area contributed by atoms with Crippen molar-refractivity contribution in [2.24, 2.45) is 0 Å². The first-order valence-electron chi connectivity index (χ1n) is 11.0. The number of rotatable bonds is 8. The zero-order valence-electron chi connectivity index (χ0n) is 18.2. The Kier molecular flexibility index (Phi) is 7.00. The van der Waals surface area contributed by atoms with Crippen molar-refractivity contribution in [2.45, 2.75) is 18.9 Å². The summed E-state index contributed by atoms with van der Waals surface area (Å²) in [4.78, 5) is 25.0. The second-order valence-corrected chi connectivity index (χ2v) is 7.89. The van der Waals surface area contributed by atoms with Gasteiger partial charge in [0.1, 0.15) is 5.75 Å². The number of phenols is 1. The number of fused-ring (bicyclic) bond motifs is 1. The van der Waals surface area contributed by atoms with Gasteiger partial charge in [0.25, 0.3) is 0 Å². The Morgan fingerprint density at radius 3 is 2.18 bits per heavy atom. The lowest BCUT2D eigenvalue weighted by Gasteiger charge is -2.22. The molecule has 4 aromatic rings. The van der Waals surface area contributed by atoms with E-state index in [1.165, 1.54) is 0 Å². The van der Waals surface area contributed by atoms with Gasteiger partial charge in [-0.1, -0.05) is 91.0 Å². The second kappa shape index (κ2) is 10.5. The number of nitrogens with one attached hydrogen (secondary N) is 2. The Morgan fingerprint density at radius 2 is 1.42 bits per heavy atom. The predicted molar refractivity (Wildman–Crippen MR) is 130 cm³/mol. The molecule has 2 amide bonds. The standard InChI is InChI=1S/C28H26N2O3/c31-24-16-15-21-11-7-8-14-23(21)27(24)28(22-12-5-2-6-13-22)30-25(32)17-18-29-26(33)19-20-9-3-1-4-10-20/h1-16,28,31H,17-19H2,(H,29,33)(H,30,32). The fourth-order valence-corrected chi connectivity index (χ4v) is 3.95. The van der Waals surface area contributed by atoms with Crippen LogP contribution in [0.25, 0.3) is 10.8 Å². The summed E-state index contributed by atoms with van der Waals surface area (Å²) in [7, 11) is 0. The predicted octanol–water partition coefficient (Wildman–Crippen LogP) is 4.50. The number of aromatic hydroxyl groups is 1. The largest absolute Gasteiger partial charge is 0.508 e. The summed E-state index contributed by atoms with van der Waals surface area (Å²) < 4.78 is 0. The van der Waals surface area contributed by atoms with Crippen LogP contribution < -0.4 is 10.6 Å². The maximum Gasteiger partial charge on any atom is 0.224 e. The van der Waals surface area contributed by atoms with Gasteiger partial charge in [-0.15, -0.1) is 0 Å². The molecule has 0 saturated carbocycles. The molecular formula is C28H26N2O3. The molecule has 0 aliphatic carbocycles. The molecule has 0 radical (unpaired) electrons. The number of hydrogen-bond acceptors (Lipinski definition) is 3. The third-order valence-corrected chi connectivity index (χ3v) is 5.56. The molecule has 0 spiro atoms. The van der Waals surface area contributed by atoms with Crippen LogP contribution in [0.15, 0.2) is 97.1 Å². The van der Waals surface area contributed by atoms with Crippen molar-refractivity contribution in [3.63, 3.8) is 0 Å². The van der Waals surface area contributed by atoms with Crippen molar-refractivity contribution in [1.82, 2.24) is 10.6 Å². The minimum atomic E-state index is -0.523. The Hall–Kier alpha value is -4.12. The zero-order chi connectivity index (χ0) is 23.0. The highest BCUT2D eigenvalue weighted by Gasteiger charge is 2.22. The van der Waals surface area contributed by atoms with Gasteiger partial charge < -0.3 is 15.7 Å². The second-order valence-electron chi connectivity index (χ2n) is 7.89. The molecule has 0 heterocycles. The number of benzene rings is 4. The molecule has 5 heteroatoms. The summed E-state index contributed by atoms with van der Waals surface area (Å²) in [5.74, 6) is -0.212. The van der Waals surface area contributed by atoms with Crippen molar-refractivity contribution < 1.29 is 14.7 Å². The van der Waals surface area contributed by atoms with E-state index in [-0.39, 0.29) is 37.0 Å². The first kappa shape index (κ1) is 22.1. The highest BCUT2D eigenvalue weighted by molar-refractivity contribution is 5.89. The van der Waals surface area contributed by atoms with Crippen molar-refractivity contribution in [3.05, 3.63) is 114 Å². The average Bonchev–Trinajstić information content (AvgIpc) is 2.84. The molecule has 33 heavy (non-hydrogen) atoms. The fraction of sp³-hybridized carbons (Fsp3) is 0.143. The van der Waals surface area contributed by atoms with Gasteiger partial charge in [-0.25, -0.2) is 0 Å². The van der Waals surface area contributed by atoms with Crippen LogP contribution in [0.5, 0.6) is 5.75 Å². The number of phenolic OH excluding ortho intramolecular Hbond substituents is 1. The molecule has 0 fully saturated rings. The van der Waals surface area contributed by atoms with Crippen LogP contribution >= 0.6 is 0 Å². The van der Waals surface area contributed by atoms with E-state index in [0.29, 0.717) is 5.56 Å². The van der Waals surface area contributed by atoms with E-state index >= 15 is 0 Å². The normalized spacial score (nSPS) is 11.6. The SMILES string of the molecule is O=C(Cc1ccccc1)NCCC(=O)NC(c1ccccc1)c1c(O)ccc2ccccc12. The molecule has 0 aliphatic rings. The lowest BCUT2D eigenvalue weighted by molar-refractivity contribution is -0.122. The minimum absolute atomic E-state index is 0.124. The Morgan fingerprint density at radius 1 is 0.758 bits per heavy atom. The summed E-state index contributed by atoms with van der Waals surface area (Å²) in [6.45, 7) is 0.237. The van der Waals surface area contributed by atoms with Crippen LogP contribution in [-0.4, -0.2) is 23.5 Å². The topological polar surface area (TPSA) is 78.4 Å². The van der Waals surface area contributed by atoms with E-state index < -0.39 is 6.04 Å². The molecule has 1 unspecified atom stereocenters. The van der Waals surface area contributed by atoms with Gasteiger partial charge in [0.2, 0.25) is 11.8 Å². The Bertz CT molecular complexity index is 1240. The molecule has 0 aliphatic heterocycles. The smallest absolute Gasteiger partial charge is 0.224 e. The summed E-state index contributed by atoms with van der Waals surface area (Å²) in [5.41, 5.74) is 2.45. The third-order valence-electron chi connectivity index (χ3n) is 5.56. The van der Waals surface area contributed by atoms with Gasteiger partial charge in [-0.2, -0.15) is 0 Å². The maximum absolute atomic E-state index is 12.8. The highest BCUT2D eigenvalue weighted by atomic mass is 16.3. The lowest BCUT2D eigenvalue weighted by Crippen LogP contribution is -2.34. The molecule has 3 N–H and O–H groups in total. The van der Waals surface area contributed by atoms with Crippen molar-refractivity contribution in [1.29, 1.82) is 0 Å². The Labute approximate surface area is 193 Å². The lowest BCUT2D eigenvalue weighted by atomic mass is 9.92. The summed E-state index contributed by atoms with van der Waals surface area (Å²) in [6.07, 6.45) is 0.411. The van der Waals surface area contributed by atoms with Crippen LogP contribution in [0.3, 0.4) is 0 Å². The van der Waals surface area contributed by atoms with Gasteiger partial charge in [0.15, 0.2) is 0 Å². The number of carbonyl (C=O) groups excluding carboxylic acids is 2. The maximum atomic E-state index is 12.8. The quantitative estimate of drug-likeness (QED) is 0.379. The molecule has 166 valence electrons.